The SMILES string of the molecule is CN(C)CCCCCCCc1ccc(C(=O)c2ccc(Cl)cc2)cc1. The zero-order valence-corrected chi connectivity index (χ0v) is 16.1. The largest absolute Gasteiger partial charge is 0.309 e. The number of rotatable bonds is 10. The van der Waals surface area contributed by atoms with E-state index in [4.69, 9.17) is 11.6 Å². The summed E-state index contributed by atoms with van der Waals surface area (Å²) < 4.78 is 0. The Bertz CT molecular complexity index is 647. The first-order chi connectivity index (χ1) is 12.1. The summed E-state index contributed by atoms with van der Waals surface area (Å²) in [5.41, 5.74) is 2.71. The number of carbonyl (C=O) groups excluding carboxylic acids is 1. The van der Waals surface area contributed by atoms with Crippen molar-refractivity contribution in [1.82, 2.24) is 4.90 Å². The fraction of sp³-hybridized carbons (Fsp3) is 0.409. The molecule has 0 spiro atoms. The fourth-order valence-corrected chi connectivity index (χ4v) is 3.00. The average Bonchev–Trinajstić information content (AvgIpc) is 2.61. The number of carbonyl (C=O) groups is 1. The monoisotopic (exact) mass is 357 g/mol. The standard InChI is InChI=1S/C22H28ClNO/c1-24(2)17-7-5-3-4-6-8-18-9-11-19(12-10-18)22(25)20-13-15-21(23)16-14-20/h9-16H,3-8,17H2,1-2H3. The Morgan fingerprint density at radius 3 is 1.92 bits per heavy atom. The van der Waals surface area contributed by atoms with Gasteiger partial charge < -0.3 is 4.90 Å². The van der Waals surface area contributed by atoms with Crippen LogP contribution in [0.25, 0.3) is 0 Å². The van der Waals surface area contributed by atoms with Crippen molar-refractivity contribution in [2.75, 3.05) is 20.6 Å². The van der Waals surface area contributed by atoms with Crippen LogP contribution in [0.15, 0.2) is 48.5 Å². The van der Waals surface area contributed by atoms with Gasteiger partial charge in [-0.25, -0.2) is 0 Å². The van der Waals surface area contributed by atoms with E-state index in [1.165, 1.54) is 44.2 Å². The molecule has 0 N–H and O–H groups in total. The van der Waals surface area contributed by atoms with E-state index in [9.17, 15) is 4.79 Å². The van der Waals surface area contributed by atoms with Gasteiger partial charge in [-0.15, -0.1) is 0 Å². The van der Waals surface area contributed by atoms with Crippen molar-refractivity contribution < 1.29 is 4.79 Å². The summed E-state index contributed by atoms with van der Waals surface area (Å²) in [4.78, 5) is 14.7. The van der Waals surface area contributed by atoms with Crippen molar-refractivity contribution in [3.63, 3.8) is 0 Å². The number of benzene rings is 2. The highest BCUT2D eigenvalue weighted by Gasteiger charge is 2.08. The van der Waals surface area contributed by atoms with Gasteiger partial charge in [0.05, 0.1) is 0 Å². The molecule has 0 aliphatic rings. The van der Waals surface area contributed by atoms with Crippen LogP contribution in [0, 0.1) is 0 Å². The van der Waals surface area contributed by atoms with E-state index < -0.39 is 0 Å². The van der Waals surface area contributed by atoms with E-state index in [1.807, 2.05) is 12.1 Å². The second kappa shape index (κ2) is 10.4. The van der Waals surface area contributed by atoms with E-state index in [0.717, 1.165) is 12.0 Å². The molecule has 0 aliphatic heterocycles. The van der Waals surface area contributed by atoms with Gasteiger partial charge in [0.1, 0.15) is 0 Å². The number of halogens is 1. The first kappa shape index (κ1) is 19.7. The van der Waals surface area contributed by atoms with Crippen LogP contribution in [0.4, 0.5) is 0 Å². The average molecular weight is 358 g/mol. The maximum atomic E-state index is 12.4. The van der Waals surface area contributed by atoms with Crippen molar-refractivity contribution in [2.45, 2.75) is 38.5 Å². The highest BCUT2D eigenvalue weighted by molar-refractivity contribution is 6.30. The Labute approximate surface area is 156 Å². The molecule has 0 fully saturated rings. The summed E-state index contributed by atoms with van der Waals surface area (Å²) in [5, 5.41) is 0.647. The molecular formula is C22H28ClNO. The number of nitrogens with zero attached hydrogens (tertiary/aromatic N) is 1. The number of hydrogen-bond donors (Lipinski definition) is 0. The minimum absolute atomic E-state index is 0.0455. The minimum Gasteiger partial charge on any atom is -0.309 e. The van der Waals surface area contributed by atoms with Gasteiger partial charge in [0.2, 0.25) is 0 Å². The van der Waals surface area contributed by atoms with Crippen molar-refractivity contribution in [1.29, 1.82) is 0 Å². The molecule has 0 saturated heterocycles. The lowest BCUT2D eigenvalue weighted by Gasteiger charge is -2.08. The molecule has 134 valence electrons. The summed E-state index contributed by atoms with van der Waals surface area (Å²) in [6.45, 7) is 1.18. The van der Waals surface area contributed by atoms with E-state index in [2.05, 4.69) is 31.1 Å². The van der Waals surface area contributed by atoms with Crippen LogP contribution < -0.4 is 0 Å². The molecule has 0 saturated carbocycles. The third-order valence-corrected chi connectivity index (χ3v) is 4.65. The maximum Gasteiger partial charge on any atom is 0.193 e. The molecule has 3 heteroatoms. The Balaban J connectivity index is 1.74. The number of unbranched alkanes of at least 4 members (excludes halogenated alkanes) is 4. The summed E-state index contributed by atoms with van der Waals surface area (Å²) in [6, 6.07) is 15.1. The molecule has 2 nitrogen and oxygen atoms in total. The molecule has 0 aromatic heterocycles. The molecular weight excluding hydrogens is 330 g/mol. The van der Waals surface area contributed by atoms with Gasteiger partial charge in [0.25, 0.3) is 0 Å². The smallest absolute Gasteiger partial charge is 0.193 e. The van der Waals surface area contributed by atoms with Gasteiger partial charge in [-0.1, -0.05) is 55.1 Å². The van der Waals surface area contributed by atoms with Gasteiger partial charge in [-0.05, 0) is 69.7 Å². The molecule has 0 amide bonds. The highest BCUT2D eigenvalue weighted by Crippen LogP contribution is 2.16. The lowest BCUT2D eigenvalue weighted by molar-refractivity contribution is 0.103. The molecule has 2 aromatic rings. The van der Waals surface area contributed by atoms with Gasteiger partial charge in [0, 0.05) is 16.1 Å². The van der Waals surface area contributed by atoms with E-state index in [0.29, 0.717) is 10.6 Å². The first-order valence-corrected chi connectivity index (χ1v) is 9.48. The first-order valence-electron chi connectivity index (χ1n) is 9.10. The maximum absolute atomic E-state index is 12.4. The molecule has 0 unspecified atom stereocenters. The van der Waals surface area contributed by atoms with Crippen LogP contribution in [0.5, 0.6) is 0 Å². The predicted molar refractivity (Wildman–Crippen MR) is 107 cm³/mol. The minimum atomic E-state index is 0.0455. The normalized spacial score (nSPS) is 11.0. The van der Waals surface area contributed by atoms with E-state index in [1.54, 1.807) is 24.3 Å². The van der Waals surface area contributed by atoms with Gasteiger partial charge in [-0.2, -0.15) is 0 Å². The Morgan fingerprint density at radius 2 is 1.32 bits per heavy atom. The van der Waals surface area contributed by atoms with Crippen LogP contribution in [0.3, 0.4) is 0 Å². The molecule has 25 heavy (non-hydrogen) atoms. The van der Waals surface area contributed by atoms with Crippen molar-refractivity contribution in [2.24, 2.45) is 0 Å². The Kier molecular flexibility index (Phi) is 8.17. The third kappa shape index (κ3) is 7.01. The van der Waals surface area contributed by atoms with Crippen LogP contribution in [-0.2, 0) is 6.42 Å². The highest BCUT2D eigenvalue weighted by atomic mass is 35.5. The second-order valence-corrected chi connectivity index (χ2v) is 7.29. The van der Waals surface area contributed by atoms with Crippen LogP contribution in [-0.4, -0.2) is 31.3 Å². The third-order valence-electron chi connectivity index (χ3n) is 4.39. The lowest BCUT2D eigenvalue weighted by Crippen LogP contribution is -2.12. The Hall–Kier alpha value is -1.64. The van der Waals surface area contributed by atoms with Crippen LogP contribution in [0.2, 0.25) is 5.02 Å². The summed E-state index contributed by atoms with van der Waals surface area (Å²) in [7, 11) is 4.25. The molecule has 0 bridgehead atoms. The summed E-state index contributed by atoms with van der Waals surface area (Å²) >= 11 is 5.87. The molecule has 0 heterocycles. The van der Waals surface area contributed by atoms with Crippen molar-refractivity contribution >= 4 is 17.4 Å². The fourth-order valence-electron chi connectivity index (χ4n) is 2.88. The molecule has 2 rings (SSSR count). The topological polar surface area (TPSA) is 20.3 Å². The van der Waals surface area contributed by atoms with E-state index in [-0.39, 0.29) is 5.78 Å². The van der Waals surface area contributed by atoms with Crippen LogP contribution >= 0.6 is 11.6 Å². The van der Waals surface area contributed by atoms with Gasteiger partial charge >= 0.3 is 0 Å². The number of ketones is 1. The molecule has 0 atom stereocenters. The number of hydrogen-bond acceptors (Lipinski definition) is 2. The van der Waals surface area contributed by atoms with Crippen molar-refractivity contribution in [3.05, 3.63) is 70.2 Å². The van der Waals surface area contributed by atoms with Crippen LogP contribution in [0.1, 0.15) is 53.6 Å². The lowest BCUT2D eigenvalue weighted by atomic mass is 10.00. The Morgan fingerprint density at radius 1 is 0.800 bits per heavy atom. The van der Waals surface area contributed by atoms with E-state index >= 15 is 0 Å². The number of aryl methyl sites for hydroxylation is 1. The van der Waals surface area contributed by atoms with Gasteiger partial charge in [-0.3, -0.25) is 4.79 Å². The second-order valence-electron chi connectivity index (χ2n) is 6.85. The zero-order chi connectivity index (χ0) is 18.1. The quantitative estimate of drug-likeness (QED) is 0.406. The van der Waals surface area contributed by atoms with Gasteiger partial charge in [0.15, 0.2) is 5.78 Å². The summed E-state index contributed by atoms with van der Waals surface area (Å²) in [5.74, 6) is 0.0455. The molecule has 0 radical (unpaired) electrons. The summed E-state index contributed by atoms with van der Waals surface area (Å²) in [6.07, 6.45) is 7.48. The predicted octanol–water partition coefficient (Wildman–Crippen LogP) is 5.63. The van der Waals surface area contributed by atoms with Crippen molar-refractivity contribution in [3.8, 4) is 0 Å². The molecule has 0 aliphatic carbocycles. The molecule has 2 aromatic carbocycles. The zero-order valence-electron chi connectivity index (χ0n) is 15.3.